The molecule has 0 radical (unpaired) electrons. The maximum absolute atomic E-state index is 12.2. The fourth-order valence-corrected chi connectivity index (χ4v) is 2.83. The fraction of sp³-hybridized carbons (Fsp3) is 0.667. The molecule has 5 nitrogen and oxygen atoms in total. The summed E-state index contributed by atoms with van der Waals surface area (Å²) in [6, 6.07) is 2.12. The Bertz CT molecular complexity index is 442. The number of carbonyl (C=O) groups excluding carboxylic acids is 1. The van der Waals surface area contributed by atoms with Crippen molar-refractivity contribution in [2.24, 2.45) is 0 Å². The second kappa shape index (κ2) is 7.24. The third-order valence-electron chi connectivity index (χ3n) is 3.14. The predicted octanol–water partition coefficient (Wildman–Crippen LogP) is 2.47. The lowest BCUT2D eigenvalue weighted by Crippen LogP contribution is -2.53. The van der Waals surface area contributed by atoms with E-state index < -0.39 is 5.60 Å². The smallest absolute Gasteiger partial charge is 0.410 e. The van der Waals surface area contributed by atoms with Crippen LogP contribution in [0.3, 0.4) is 0 Å². The molecule has 1 saturated heterocycles. The average Bonchev–Trinajstić information content (AvgIpc) is 2.90. The van der Waals surface area contributed by atoms with Gasteiger partial charge < -0.3 is 14.8 Å². The molecule has 1 fully saturated rings. The number of nitrogens with one attached hydrogen (secondary N) is 1. The van der Waals surface area contributed by atoms with E-state index >= 15 is 0 Å². The van der Waals surface area contributed by atoms with Gasteiger partial charge in [-0.1, -0.05) is 0 Å². The predicted molar refractivity (Wildman–Crippen MR) is 83.6 cm³/mol. The first kappa shape index (κ1) is 16.3. The van der Waals surface area contributed by atoms with Crippen LogP contribution in [0, 0.1) is 0 Å². The second-order valence-electron chi connectivity index (χ2n) is 6.16. The van der Waals surface area contributed by atoms with Gasteiger partial charge in [-0.05, 0) is 43.2 Å². The molecule has 0 saturated carbocycles. The van der Waals surface area contributed by atoms with Gasteiger partial charge >= 0.3 is 6.09 Å². The molecule has 1 aliphatic heterocycles. The van der Waals surface area contributed by atoms with Gasteiger partial charge in [-0.3, -0.25) is 4.90 Å². The molecule has 1 aliphatic rings. The minimum Gasteiger partial charge on any atom is -0.444 e. The van der Waals surface area contributed by atoms with Crippen molar-refractivity contribution in [3.05, 3.63) is 22.4 Å². The lowest BCUT2D eigenvalue weighted by atomic mass is 10.2. The van der Waals surface area contributed by atoms with Gasteiger partial charge in [0, 0.05) is 19.6 Å². The summed E-state index contributed by atoms with van der Waals surface area (Å²) in [5.41, 5.74) is 0.796. The standard InChI is InChI=1S/C15H24N2O3S/c1-15(2,3)20-14(18)17-5-6-19-10-13(17)9-16-8-12-4-7-21-11-12/h4,7,11,13,16H,5-6,8-10H2,1-3H3. The molecule has 1 aromatic heterocycles. The Kier molecular flexibility index (Phi) is 5.61. The van der Waals surface area contributed by atoms with Crippen LogP contribution >= 0.6 is 11.3 Å². The van der Waals surface area contributed by atoms with E-state index in [1.165, 1.54) is 5.56 Å². The monoisotopic (exact) mass is 312 g/mol. The first-order valence-corrected chi connectivity index (χ1v) is 8.19. The Morgan fingerprint density at radius 2 is 2.38 bits per heavy atom. The summed E-state index contributed by atoms with van der Waals surface area (Å²) in [4.78, 5) is 14.0. The highest BCUT2D eigenvalue weighted by molar-refractivity contribution is 7.07. The Morgan fingerprint density at radius 3 is 3.05 bits per heavy atom. The molecule has 1 N–H and O–H groups in total. The lowest BCUT2D eigenvalue weighted by molar-refractivity contribution is -0.0317. The molecule has 0 aliphatic carbocycles. The average molecular weight is 312 g/mol. The van der Waals surface area contributed by atoms with Gasteiger partial charge in [0.05, 0.1) is 19.3 Å². The number of amides is 1. The van der Waals surface area contributed by atoms with Gasteiger partial charge in [0.1, 0.15) is 5.60 Å². The van der Waals surface area contributed by atoms with Crippen molar-refractivity contribution in [1.82, 2.24) is 10.2 Å². The topological polar surface area (TPSA) is 50.8 Å². The number of ether oxygens (including phenoxy) is 2. The lowest BCUT2D eigenvalue weighted by Gasteiger charge is -2.36. The Labute approximate surface area is 130 Å². The van der Waals surface area contributed by atoms with Gasteiger partial charge in [-0.15, -0.1) is 0 Å². The van der Waals surface area contributed by atoms with Crippen molar-refractivity contribution in [2.75, 3.05) is 26.3 Å². The molecule has 1 aromatic rings. The Morgan fingerprint density at radius 1 is 1.57 bits per heavy atom. The fourth-order valence-electron chi connectivity index (χ4n) is 2.16. The number of carbonyl (C=O) groups is 1. The van der Waals surface area contributed by atoms with Crippen LogP contribution in [0.15, 0.2) is 16.8 Å². The quantitative estimate of drug-likeness (QED) is 0.928. The van der Waals surface area contributed by atoms with Crippen molar-refractivity contribution in [3.8, 4) is 0 Å². The van der Waals surface area contributed by atoms with Crippen LogP contribution in [-0.4, -0.2) is 48.9 Å². The summed E-state index contributed by atoms with van der Waals surface area (Å²) >= 11 is 1.69. The normalized spacial score (nSPS) is 19.6. The highest BCUT2D eigenvalue weighted by Gasteiger charge is 2.30. The van der Waals surface area contributed by atoms with Crippen molar-refractivity contribution in [3.63, 3.8) is 0 Å². The molecule has 0 spiro atoms. The molecule has 118 valence electrons. The molecule has 0 bridgehead atoms. The minimum atomic E-state index is -0.468. The van der Waals surface area contributed by atoms with E-state index in [0.29, 0.717) is 26.3 Å². The minimum absolute atomic E-state index is 0.0206. The Hall–Kier alpha value is -1.11. The molecule has 1 atom stereocenters. The number of morpholine rings is 1. The van der Waals surface area contributed by atoms with E-state index in [1.807, 2.05) is 20.8 Å². The van der Waals surface area contributed by atoms with Crippen LogP contribution in [0.2, 0.25) is 0 Å². The molecule has 6 heteroatoms. The van der Waals surface area contributed by atoms with Gasteiger partial charge in [0.2, 0.25) is 0 Å². The summed E-state index contributed by atoms with van der Waals surface area (Å²) in [7, 11) is 0. The van der Waals surface area contributed by atoms with E-state index in [0.717, 1.165) is 6.54 Å². The maximum Gasteiger partial charge on any atom is 0.410 e. The molecule has 2 rings (SSSR count). The Balaban J connectivity index is 1.84. The van der Waals surface area contributed by atoms with Crippen LogP contribution in [0.4, 0.5) is 4.79 Å². The van der Waals surface area contributed by atoms with Crippen LogP contribution in [-0.2, 0) is 16.0 Å². The zero-order chi connectivity index (χ0) is 15.3. The maximum atomic E-state index is 12.2. The highest BCUT2D eigenvalue weighted by Crippen LogP contribution is 2.14. The summed E-state index contributed by atoms with van der Waals surface area (Å²) < 4.78 is 11.0. The zero-order valence-electron chi connectivity index (χ0n) is 12.9. The SMILES string of the molecule is CC(C)(C)OC(=O)N1CCOCC1CNCc1ccsc1. The number of hydrogen-bond acceptors (Lipinski definition) is 5. The van der Waals surface area contributed by atoms with E-state index in [2.05, 4.69) is 22.1 Å². The highest BCUT2D eigenvalue weighted by atomic mass is 32.1. The second-order valence-corrected chi connectivity index (χ2v) is 6.95. The zero-order valence-corrected chi connectivity index (χ0v) is 13.7. The van der Waals surface area contributed by atoms with Gasteiger partial charge in [0.25, 0.3) is 0 Å². The first-order valence-electron chi connectivity index (χ1n) is 7.25. The number of rotatable bonds is 4. The van der Waals surface area contributed by atoms with E-state index in [1.54, 1.807) is 16.2 Å². The molecule has 21 heavy (non-hydrogen) atoms. The third-order valence-corrected chi connectivity index (χ3v) is 3.88. The number of nitrogens with zero attached hydrogens (tertiary/aromatic N) is 1. The van der Waals surface area contributed by atoms with Crippen molar-refractivity contribution < 1.29 is 14.3 Å². The summed E-state index contributed by atoms with van der Waals surface area (Å²) in [6.07, 6.45) is -0.256. The van der Waals surface area contributed by atoms with E-state index in [9.17, 15) is 4.79 Å². The molecule has 0 aromatic carbocycles. The van der Waals surface area contributed by atoms with E-state index in [-0.39, 0.29) is 12.1 Å². The van der Waals surface area contributed by atoms with Crippen molar-refractivity contribution in [1.29, 1.82) is 0 Å². The van der Waals surface area contributed by atoms with Crippen molar-refractivity contribution in [2.45, 2.75) is 39.0 Å². The third kappa shape index (κ3) is 5.30. The van der Waals surface area contributed by atoms with Crippen molar-refractivity contribution >= 4 is 17.4 Å². The molecule has 2 heterocycles. The number of thiophene rings is 1. The van der Waals surface area contributed by atoms with Gasteiger partial charge in [-0.25, -0.2) is 4.79 Å². The summed E-state index contributed by atoms with van der Waals surface area (Å²) in [5.74, 6) is 0. The molecular formula is C15H24N2O3S. The van der Waals surface area contributed by atoms with Gasteiger partial charge in [-0.2, -0.15) is 11.3 Å². The molecule has 1 amide bonds. The van der Waals surface area contributed by atoms with Gasteiger partial charge in [0.15, 0.2) is 0 Å². The number of hydrogen-bond donors (Lipinski definition) is 1. The molecule has 1 unspecified atom stereocenters. The largest absolute Gasteiger partial charge is 0.444 e. The summed E-state index contributed by atoms with van der Waals surface area (Å²) in [6.45, 7) is 8.87. The van der Waals surface area contributed by atoms with Crippen LogP contribution < -0.4 is 5.32 Å². The first-order chi connectivity index (χ1) is 9.96. The van der Waals surface area contributed by atoms with Crippen LogP contribution in [0.1, 0.15) is 26.3 Å². The van der Waals surface area contributed by atoms with Crippen LogP contribution in [0.5, 0.6) is 0 Å². The molecular weight excluding hydrogens is 288 g/mol. The van der Waals surface area contributed by atoms with E-state index in [4.69, 9.17) is 9.47 Å². The summed E-state index contributed by atoms with van der Waals surface area (Å²) in [5, 5.41) is 7.57. The van der Waals surface area contributed by atoms with Crippen LogP contribution in [0.25, 0.3) is 0 Å².